The first-order chi connectivity index (χ1) is 11.5. The number of carbonyl (C=O) groups is 1. The molecule has 3 rings (SSSR count). The second kappa shape index (κ2) is 6.91. The van der Waals surface area contributed by atoms with E-state index in [1.807, 2.05) is 19.1 Å². The van der Waals surface area contributed by atoms with Gasteiger partial charge in [0.25, 0.3) is 0 Å². The van der Waals surface area contributed by atoms with E-state index < -0.39 is 12.3 Å². The molecule has 0 N–H and O–H groups in total. The number of halogens is 2. The smallest absolute Gasteiger partial charge is 0.389 e. The highest BCUT2D eigenvalue weighted by Gasteiger charge is 2.31. The third-order valence-electron chi connectivity index (χ3n) is 3.82. The third-order valence-corrected chi connectivity index (χ3v) is 4.29. The number of hydrogen-bond acceptors (Lipinski definition) is 4. The van der Waals surface area contributed by atoms with Gasteiger partial charge in [-0.05, 0) is 43.3 Å². The predicted molar refractivity (Wildman–Crippen MR) is 92.1 cm³/mol. The Morgan fingerprint density at radius 2 is 1.54 bits per heavy atom. The monoisotopic (exact) mass is 366 g/mol. The molecule has 0 spiro atoms. The summed E-state index contributed by atoms with van der Waals surface area (Å²) in [6.45, 7) is 3.96. The first-order valence-electron chi connectivity index (χ1n) is 7.58. The molecule has 0 atom stereocenters. The van der Waals surface area contributed by atoms with Crippen molar-refractivity contribution in [1.29, 1.82) is 0 Å². The number of benzene rings is 2. The van der Waals surface area contributed by atoms with Crippen LogP contribution in [0.3, 0.4) is 0 Å². The van der Waals surface area contributed by atoms with Gasteiger partial charge in [0.05, 0.1) is 6.61 Å². The molecule has 0 bridgehead atoms. The zero-order valence-electron chi connectivity index (χ0n) is 13.2. The first-order valence-corrected chi connectivity index (χ1v) is 8.34. The average Bonchev–Trinajstić information content (AvgIpc) is 2.55. The van der Waals surface area contributed by atoms with Crippen LogP contribution in [-0.2, 0) is 9.53 Å². The van der Waals surface area contributed by atoms with Crippen molar-refractivity contribution in [3.63, 3.8) is 0 Å². The van der Waals surface area contributed by atoms with Crippen LogP contribution in [0.2, 0.25) is 10.0 Å². The predicted octanol–water partition coefficient (Wildman–Crippen LogP) is 4.81. The summed E-state index contributed by atoms with van der Waals surface area (Å²) in [5.41, 5.74) is 1.70. The van der Waals surface area contributed by atoms with E-state index in [1.165, 1.54) is 0 Å². The van der Waals surface area contributed by atoms with E-state index in [9.17, 15) is 4.79 Å². The maximum Gasteiger partial charge on any atom is 0.389 e. The van der Waals surface area contributed by atoms with Gasteiger partial charge in [0.2, 0.25) is 0 Å². The molecule has 0 aliphatic carbocycles. The van der Waals surface area contributed by atoms with E-state index >= 15 is 0 Å². The Bertz CT molecular complexity index is 720. The topological polar surface area (TPSA) is 44.8 Å². The average molecular weight is 367 g/mol. The van der Waals surface area contributed by atoms with Gasteiger partial charge in [-0.1, -0.05) is 30.1 Å². The molecule has 4 nitrogen and oxygen atoms in total. The van der Waals surface area contributed by atoms with Crippen molar-refractivity contribution < 1.29 is 19.0 Å². The van der Waals surface area contributed by atoms with Crippen LogP contribution in [0.1, 0.15) is 30.9 Å². The number of esters is 1. The van der Waals surface area contributed by atoms with Gasteiger partial charge in [-0.15, -0.1) is 0 Å². The van der Waals surface area contributed by atoms with Crippen LogP contribution in [0.15, 0.2) is 36.4 Å². The number of rotatable bonds is 2. The lowest BCUT2D eigenvalue weighted by Gasteiger charge is -2.28. The van der Waals surface area contributed by atoms with Crippen molar-refractivity contribution >= 4 is 29.2 Å². The second-order valence-electron chi connectivity index (χ2n) is 5.41. The number of ether oxygens (including phenoxy) is 3. The Balaban J connectivity index is 2.13. The molecule has 0 unspecified atom stereocenters. The van der Waals surface area contributed by atoms with Crippen LogP contribution in [-0.4, -0.2) is 18.9 Å². The molecule has 0 aromatic heterocycles. The maximum atomic E-state index is 12.2. The minimum atomic E-state index is -1.20. The van der Waals surface area contributed by atoms with Gasteiger partial charge in [0.1, 0.15) is 11.5 Å². The quantitative estimate of drug-likeness (QED) is 0.715. The lowest BCUT2D eigenvalue weighted by atomic mass is 9.91. The molecule has 0 amide bonds. The minimum Gasteiger partial charge on any atom is -0.460 e. The summed E-state index contributed by atoms with van der Waals surface area (Å²) in [6.07, 6.45) is -1.20. The van der Waals surface area contributed by atoms with Crippen molar-refractivity contribution in [3.8, 4) is 11.5 Å². The summed E-state index contributed by atoms with van der Waals surface area (Å²) < 4.78 is 16.6. The lowest BCUT2D eigenvalue weighted by Crippen LogP contribution is -2.36. The Morgan fingerprint density at radius 1 is 1.04 bits per heavy atom. The summed E-state index contributed by atoms with van der Waals surface area (Å²) in [6, 6.07) is 10.5. The van der Waals surface area contributed by atoms with Gasteiger partial charge < -0.3 is 14.2 Å². The van der Waals surface area contributed by atoms with Gasteiger partial charge in [-0.3, -0.25) is 0 Å². The molecule has 126 valence electrons. The largest absolute Gasteiger partial charge is 0.460 e. The molecule has 0 fully saturated rings. The van der Waals surface area contributed by atoms with Crippen molar-refractivity contribution in [3.05, 3.63) is 57.6 Å². The summed E-state index contributed by atoms with van der Waals surface area (Å²) >= 11 is 12.3. The maximum absolute atomic E-state index is 12.2. The number of hydrogen-bond donors (Lipinski definition) is 0. The molecule has 0 saturated heterocycles. The molecule has 1 aliphatic rings. The highest BCUT2D eigenvalue weighted by molar-refractivity contribution is 6.31. The molecule has 0 radical (unpaired) electrons. The second-order valence-corrected chi connectivity index (χ2v) is 6.28. The first kappa shape index (κ1) is 16.9. The van der Waals surface area contributed by atoms with Crippen LogP contribution < -0.4 is 9.47 Å². The van der Waals surface area contributed by atoms with E-state index in [0.717, 1.165) is 11.1 Å². The summed E-state index contributed by atoms with van der Waals surface area (Å²) in [7, 11) is 0. The van der Waals surface area contributed by atoms with E-state index in [2.05, 4.69) is 0 Å². The molecule has 6 heteroatoms. The number of fused-ring (bicyclic) bond motifs is 2. The molecular weight excluding hydrogens is 351 g/mol. The molecule has 2 aromatic rings. The van der Waals surface area contributed by atoms with Crippen LogP contribution in [0.5, 0.6) is 11.5 Å². The van der Waals surface area contributed by atoms with E-state index in [0.29, 0.717) is 21.5 Å². The lowest BCUT2D eigenvalue weighted by molar-refractivity contribution is -0.165. The summed E-state index contributed by atoms with van der Waals surface area (Å²) in [4.78, 5) is 12.2. The molecule has 1 aliphatic heterocycles. The van der Waals surface area contributed by atoms with Crippen molar-refractivity contribution in [2.24, 2.45) is 0 Å². The van der Waals surface area contributed by atoms with Crippen molar-refractivity contribution in [2.75, 3.05) is 6.61 Å². The molecule has 0 saturated carbocycles. The van der Waals surface area contributed by atoms with Crippen molar-refractivity contribution in [1.82, 2.24) is 0 Å². The van der Waals surface area contributed by atoms with Crippen LogP contribution >= 0.6 is 23.2 Å². The summed E-state index contributed by atoms with van der Waals surface area (Å²) in [5, 5.41) is 1.17. The third kappa shape index (κ3) is 3.30. The highest BCUT2D eigenvalue weighted by Crippen LogP contribution is 2.41. The fourth-order valence-corrected chi connectivity index (χ4v) is 3.02. The Morgan fingerprint density at radius 3 is 2.00 bits per heavy atom. The zero-order chi connectivity index (χ0) is 17.3. The Labute approximate surface area is 150 Å². The van der Waals surface area contributed by atoms with Crippen molar-refractivity contribution in [2.45, 2.75) is 26.1 Å². The Hall–Kier alpha value is -1.91. The molecule has 24 heavy (non-hydrogen) atoms. The fraction of sp³-hybridized carbons (Fsp3) is 0.278. The molecule has 2 aromatic carbocycles. The van der Waals surface area contributed by atoms with Crippen LogP contribution in [0.4, 0.5) is 0 Å². The van der Waals surface area contributed by atoms with Gasteiger partial charge in [0, 0.05) is 27.1 Å². The SMILES string of the molecule is CCOC(=O)[C@H]1Oc2ccc(Cl)cc2[C@H](C)c2cc(Cl)ccc2O1. The Kier molecular flexibility index (Phi) is 4.88. The fourth-order valence-electron chi connectivity index (χ4n) is 2.66. The zero-order valence-corrected chi connectivity index (χ0v) is 14.7. The van der Waals surface area contributed by atoms with Gasteiger partial charge in [-0.25, -0.2) is 4.79 Å². The summed E-state index contributed by atoms with van der Waals surface area (Å²) in [5.74, 6) is 0.385. The number of carbonyl (C=O) groups excluding carboxylic acids is 1. The van der Waals surface area contributed by atoms with Gasteiger partial charge in [-0.2, -0.15) is 0 Å². The highest BCUT2D eigenvalue weighted by atomic mass is 35.5. The van der Waals surface area contributed by atoms with Crippen LogP contribution in [0.25, 0.3) is 0 Å². The van der Waals surface area contributed by atoms with E-state index in [1.54, 1.807) is 31.2 Å². The minimum absolute atomic E-state index is 0.0736. The molecular formula is C18H16Cl2O4. The normalized spacial score (nSPS) is 19.0. The van der Waals surface area contributed by atoms with Crippen LogP contribution in [0, 0.1) is 0 Å². The molecule has 1 heterocycles. The van der Waals surface area contributed by atoms with Gasteiger partial charge in [0.15, 0.2) is 0 Å². The van der Waals surface area contributed by atoms with E-state index in [-0.39, 0.29) is 12.5 Å². The van der Waals surface area contributed by atoms with E-state index in [4.69, 9.17) is 37.4 Å². The van der Waals surface area contributed by atoms with Gasteiger partial charge >= 0.3 is 12.3 Å². The standard InChI is InChI=1S/C18H16Cl2O4/c1-3-22-17(21)18-23-15-6-4-11(19)8-13(15)10(2)14-9-12(20)5-7-16(14)24-18/h4-10,18H,3H2,1-2H3/t10-,18-.